The lowest BCUT2D eigenvalue weighted by Gasteiger charge is -2.15. The second kappa shape index (κ2) is 5.17. The van der Waals surface area contributed by atoms with Crippen LogP contribution in [0.15, 0.2) is 30.3 Å². The highest BCUT2D eigenvalue weighted by Crippen LogP contribution is 2.39. The number of hydrogen-bond acceptors (Lipinski definition) is 3. The first kappa shape index (κ1) is 12.6. The first-order chi connectivity index (χ1) is 8.67. The molecule has 0 aliphatic heterocycles. The first-order valence-corrected chi connectivity index (χ1v) is 5.97. The summed E-state index contributed by atoms with van der Waals surface area (Å²) in [6.07, 6.45) is 0.132. The Kier molecular flexibility index (Phi) is 3.60. The molecule has 96 valence electrons. The molecule has 0 radical (unpaired) electrons. The van der Waals surface area contributed by atoms with Gasteiger partial charge in [0.1, 0.15) is 17.2 Å². The zero-order valence-corrected chi connectivity index (χ0v) is 11.2. The fourth-order valence-electron chi connectivity index (χ4n) is 2.01. The van der Waals surface area contributed by atoms with E-state index in [0.717, 1.165) is 28.0 Å². The third kappa shape index (κ3) is 2.21. The Labute approximate surface area is 107 Å². The fraction of sp³-hybridized carbons (Fsp3) is 0.333. The van der Waals surface area contributed by atoms with E-state index >= 15 is 0 Å². The lowest BCUT2D eigenvalue weighted by atomic mass is 10.1. The molecular formula is C15H18O3. The van der Waals surface area contributed by atoms with Gasteiger partial charge in [-0.2, -0.15) is 0 Å². The first-order valence-electron chi connectivity index (χ1n) is 5.97. The van der Waals surface area contributed by atoms with E-state index in [0.29, 0.717) is 0 Å². The largest absolute Gasteiger partial charge is 0.496 e. The average molecular weight is 246 g/mol. The Morgan fingerprint density at radius 3 is 2.06 bits per heavy atom. The lowest BCUT2D eigenvalue weighted by molar-refractivity contribution is 0.245. The number of fused-ring (bicyclic) bond motifs is 1. The highest BCUT2D eigenvalue weighted by atomic mass is 16.5. The summed E-state index contributed by atoms with van der Waals surface area (Å²) in [5.74, 6) is 2.43. The van der Waals surface area contributed by atoms with Crippen molar-refractivity contribution in [1.82, 2.24) is 0 Å². The van der Waals surface area contributed by atoms with Crippen molar-refractivity contribution in [2.24, 2.45) is 0 Å². The highest BCUT2D eigenvalue weighted by molar-refractivity contribution is 5.97. The summed E-state index contributed by atoms with van der Waals surface area (Å²) in [5, 5.41) is 1.95. The van der Waals surface area contributed by atoms with Crippen LogP contribution < -0.4 is 14.2 Å². The van der Waals surface area contributed by atoms with Gasteiger partial charge in [0.25, 0.3) is 0 Å². The van der Waals surface area contributed by atoms with Crippen LogP contribution in [-0.2, 0) is 0 Å². The Morgan fingerprint density at radius 1 is 0.833 bits per heavy atom. The molecule has 0 aliphatic rings. The molecule has 3 heteroatoms. The summed E-state index contributed by atoms with van der Waals surface area (Å²) in [5.41, 5.74) is 0. The molecule has 0 heterocycles. The maximum absolute atomic E-state index is 5.82. The Morgan fingerprint density at radius 2 is 1.44 bits per heavy atom. The van der Waals surface area contributed by atoms with Crippen LogP contribution in [0.2, 0.25) is 0 Å². The standard InChI is InChI=1S/C15H18O3/c1-10(2)18-12-8-9-14(17-4)15-11(12)6-5-7-13(15)16-3/h5-10H,1-4H3. The molecular weight excluding hydrogens is 228 g/mol. The molecule has 2 rings (SSSR count). The van der Waals surface area contributed by atoms with Crippen LogP contribution >= 0.6 is 0 Å². The second-order valence-corrected chi connectivity index (χ2v) is 4.32. The predicted molar refractivity (Wildman–Crippen MR) is 72.8 cm³/mol. The molecule has 0 atom stereocenters. The van der Waals surface area contributed by atoms with Gasteiger partial charge in [0.05, 0.1) is 25.7 Å². The van der Waals surface area contributed by atoms with Crippen molar-refractivity contribution in [3.05, 3.63) is 30.3 Å². The van der Waals surface area contributed by atoms with Crippen LogP contribution in [0.4, 0.5) is 0 Å². The van der Waals surface area contributed by atoms with Crippen LogP contribution in [0.5, 0.6) is 17.2 Å². The second-order valence-electron chi connectivity index (χ2n) is 4.32. The van der Waals surface area contributed by atoms with Gasteiger partial charge < -0.3 is 14.2 Å². The number of ether oxygens (including phenoxy) is 3. The van der Waals surface area contributed by atoms with Gasteiger partial charge in [-0.3, -0.25) is 0 Å². The van der Waals surface area contributed by atoms with E-state index in [2.05, 4.69) is 0 Å². The topological polar surface area (TPSA) is 27.7 Å². The van der Waals surface area contributed by atoms with Gasteiger partial charge in [0.15, 0.2) is 0 Å². The van der Waals surface area contributed by atoms with Gasteiger partial charge in [0.2, 0.25) is 0 Å². The molecule has 3 nitrogen and oxygen atoms in total. The van der Waals surface area contributed by atoms with Gasteiger partial charge in [-0.15, -0.1) is 0 Å². The van der Waals surface area contributed by atoms with E-state index in [4.69, 9.17) is 14.2 Å². The van der Waals surface area contributed by atoms with Crippen molar-refractivity contribution >= 4 is 10.8 Å². The van der Waals surface area contributed by atoms with Gasteiger partial charge in [-0.05, 0) is 32.0 Å². The lowest BCUT2D eigenvalue weighted by Crippen LogP contribution is -2.06. The quantitative estimate of drug-likeness (QED) is 0.824. The van der Waals surface area contributed by atoms with E-state index in [1.807, 2.05) is 44.2 Å². The van der Waals surface area contributed by atoms with Crippen molar-refractivity contribution in [2.45, 2.75) is 20.0 Å². The van der Waals surface area contributed by atoms with Crippen LogP contribution in [0, 0.1) is 0 Å². The molecule has 0 spiro atoms. The fourth-order valence-corrected chi connectivity index (χ4v) is 2.01. The van der Waals surface area contributed by atoms with Gasteiger partial charge in [-0.1, -0.05) is 12.1 Å². The van der Waals surface area contributed by atoms with Gasteiger partial charge in [-0.25, -0.2) is 0 Å². The monoisotopic (exact) mass is 246 g/mol. The summed E-state index contributed by atoms with van der Waals surface area (Å²) in [7, 11) is 3.31. The van der Waals surface area contributed by atoms with E-state index in [1.165, 1.54) is 0 Å². The van der Waals surface area contributed by atoms with Crippen molar-refractivity contribution in [3.63, 3.8) is 0 Å². The molecule has 0 aliphatic carbocycles. The Bertz CT molecular complexity index is 536. The van der Waals surface area contributed by atoms with E-state index in [1.54, 1.807) is 14.2 Å². The normalized spacial score (nSPS) is 10.7. The van der Waals surface area contributed by atoms with Crippen molar-refractivity contribution in [3.8, 4) is 17.2 Å². The van der Waals surface area contributed by atoms with Crippen LogP contribution in [0.3, 0.4) is 0 Å². The van der Waals surface area contributed by atoms with Crippen LogP contribution in [-0.4, -0.2) is 20.3 Å². The summed E-state index contributed by atoms with van der Waals surface area (Å²) in [4.78, 5) is 0. The number of hydrogen-bond donors (Lipinski definition) is 0. The van der Waals surface area contributed by atoms with E-state index in [9.17, 15) is 0 Å². The smallest absolute Gasteiger partial charge is 0.130 e. The molecule has 0 amide bonds. The van der Waals surface area contributed by atoms with Crippen LogP contribution in [0.25, 0.3) is 10.8 Å². The summed E-state index contributed by atoms with van der Waals surface area (Å²) in [6.45, 7) is 4.02. The Balaban J connectivity index is 2.70. The van der Waals surface area contributed by atoms with Crippen LogP contribution in [0.1, 0.15) is 13.8 Å². The molecule has 2 aromatic rings. The zero-order valence-electron chi connectivity index (χ0n) is 11.2. The van der Waals surface area contributed by atoms with Crippen molar-refractivity contribution in [2.75, 3.05) is 14.2 Å². The van der Waals surface area contributed by atoms with Crippen molar-refractivity contribution < 1.29 is 14.2 Å². The highest BCUT2D eigenvalue weighted by Gasteiger charge is 2.12. The minimum atomic E-state index is 0.132. The minimum Gasteiger partial charge on any atom is -0.496 e. The molecule has 2 aromatic carbocycles. The van der Waals surface area contributed by atoms with E-state index in [-0.39, 0.29) is 6.10 Å². The molecule has 0 saturated carbocycles. The molecule has 0 aromatic heterocycles. The number of benzene rings is 2. The zero-order chi connectivity index (χ0) is 13.1. The van der Waals surface area contributed by atoms with Crippen molar-refractivity contribution in [1.29, 1.82) is 0 Å². The number of rotatable bonds is 4. The molecule has 0 saturated heterocycles. The Hall–Kier alpha value is -1.90. The summed E-state index contributed by atoms with van der Waals surface area (Å²) >= 11 is 0. The summed E-state index contributed by atoms with van der Waals surface area (Å²) < 4.78 is 16.6. The summed E-state index contributed by atoms with van der Waals surface area (Å²) in [6, 6.07) is 9.72. The average Bonchev–Trinajstić information content (AvgIpc) is 2.38. The maximum Gasteiger partial charge on any atom is 0.130 e. The molecule has 0 bridgehead atoms. The number of methoxy groups -OCH3 is 2. The molecule has 18 heavy (non-hydrogen) atoms. The molecule has 0 N–H and O–H groups in total. The van der Waals surface area contributed by atoms with Gasteiger partial charge in [0, 0.05) is 5.39 Å². The third-order valence-corrected chi connectivity index (χ3v) is 2.73. The third-order valence-electron chi connectivity index (χ3n) is 2.73. The SMILES string of the molecule is COc1cccc2c(OC(C)C)ccc(OC)c12. The van der Waals surface area contributed by atoms with E-state index < -0.39 is 0 Å². The van der Waals surface area contributed by atoms with Gasteiger partial charge >= 0.3 is 0 Å². The molecule has 0 unspecified atom stereocenters. The molecule has 0 fully saturated rings. The maximum atomic E-state index is 5.82. The minimum absolute atomic E-state index is 0.132. The predicted octanol–water partition coefficient (Wildman–Crippen LogP) is 3.64.